The highest BCUT2D eigenvalue weighted by Crippen LogP contribution is 2.43. The molecule has 1 aliphatic rings. The second-order valence-corrected chi connectivity index (χ2v) is 5.25. The maximum absolute atomic E-state index is 11.5. The van der Waals surface area contributed by atoms with Crippen molar-refractivity contribution in [3.63, 3.8) is 0 Å². The fraction of sp³-hybridized carbons (Fsp3) is 0.833. The number of carboxylic acid groups (broad SMARTS) is 1. The van der Waals surface area contributed by atoms with Crippen LogP contribution in [-0.2, 0) is 9.59 Å². The van der Waals surface area contributed by atoms with E-state index in [0.29, 0.717) is 13.0 Å². The number of hydrogen-bond donors (Lipinski definition) is 2. The molecule has 0 aromatic rings. The number of nitrogens with one attached hydrogen (secondary N) is 1. The molecule has 98 valence electrons. The van der Waals surface area contributed by atoms with E-state index in [1.54, 1.807) is 0 Å². The number of amides is 1. The highest BCUT2D eigenvalue weighted by molar-refractivity contribution is 5.76. The minimum Gasteiger partial charge on any atom is -0.481 e. The second kappa shape index (κ2) is 6.00. The lowest BCUT2D eigenvalue weighted by atomic mass is 9.66. The largest absolute Gasteiger partial charge is 0.481 e. The van der Waals surface area contributed by atoms with Gasteiger partial charge in [0, 0.05) is 19.5 Å². The van der Waals surface area contributed by atoms with Gasteiger partial charge in [0.1, 0.15) is 0 Å². The van der Waals surface area contributed by atoms with Crippen LogP contribution >= 0.6 is 0 Å². The van der Waals surface area contributed by atoms with E-state index in [9.17, 15) is 9.59 Å². The molecule has 5 nitrogen and oxygen atoms in total. The number of aliphatic carboxylic acids is 1. The SMILES string of the molecule is CN(C)CCC(=O)NCC1(CC(=O)O)CCC1. The van der Waals surface area contributed by atoms with Crippen LogP contribution in [0.3, 0.4) is 0 Å². The van der Waals surface area contributed by atoms with Crippen LogP contribution < -0.4 is 5.32 Å². The predicted molar refractivity (Wildman–Crippen MR) is 64.7 cm³/mol. The second-order valence-electron chi connectivity index (χ2n) is 5.25. The van der Waals surface area contributed by atoms with Gasteiger partial charge in [0.2, 0.25) is 5.91 Å². The first-order valence-corrected chi connectivity index (χ1v) is 6.07. The smallest absolute Gasteiger partial charge is 0.303 e. The molecule has 1 aliphatic carbocycles. The topological polar surface area (TPSA) is 69.6 Å². The highest BCUT2D eigenvalue weighted by Gasteiger charge is 2.39. The van der Waals surface area contributed by atoms with Crippen LogP contribution in [0.2, 0.25) is 0 Å². The standard InChI is InChI=1S/C12H22N2O3/c1-14(2)7-4-10(15)13-9-12(5-3-6-12)8-11(16)17/h3-9H2,1-2H3,(H,13,15)(H,16,17). The van der Waals surface area contributed by atoms with E-state index in [1.807, 2.05) is 19.0 Å². The molecule has 0 unspecified atom stereocenters. The van der Waals surface area contributed by atoms with Crippen LogP contribution in [0, 0.1) is 5.41 Å². The lowest BCUT2D eigenvalue weighted by Gasteiger charge is -2.40. The lowest BCUT2D eigenvalue weighted by Crippen LogP contribution is -2.43. The Labute approximate surface area is 102 Å². The molecule has 1 amide bonds. The number of hydrogen-bond acceptors (Lipinski definition) is 3. The molecule has 0 spiro atoms. The van der Waals surface area contributed by atoms with Gasteiger partial charge in [-0.1, -0.05) is 6.42 Å². The van der Waals surface area contributed by atoms with Gasteiger partial charge in [-0.25, -0.2) is 0 Å². The summed E-state index contributed by atoms with van der Waals surface area (Å²) < 4.78 is 0. The number of carbonyl (C=O) groups excluding carboxylic acids is 1. The number of rotatable bonds is 7. The van der Waals surface area contributed by atoms with Crippen molar-refractivity contribution in [1.29, 1.82) is 0 Å². The van der Waals surface area contributed by atoms with Gasteiger partial charge >= 0.3 is 5.97 Å². The van der Waals surface area contributed by atoms with Gasteiger partial charge in [0.25, 0.3) is 0 Å². The summed E-state index contributed by atoms with van der Waals surface area (Å²) in [5.41, 5.74) is -0.181. The molecule has 0 bridgehead atoms. The number of carboxylic acids is 1. The van der Waals surface area contributed by atoms with E-state index in [0.717, 1.165) is 25.8 Å². The van der Waals surface area contributed by atoms with Gasteiger partial charge in [-0.2, -0.15) is 0 Å². The summed E-state index contributed by atoms with van der Waals surface area (Å²) in [6.07, 6.45) is 3.53. The van der Waals surface area contributed by atoms with Crippen LogP contribution in [0.25, 0.3) is 0 Å². The van der Waals surface area contributed by atoms with Crippen LogP contribution in [0.4, 0.5) is 0 Å². The van der Waals surface area contributed by atoms with E-state index in [2.05, 4.69) is 5.32 Å². The third-order valence-electron chi connectivity index (χ3n) is 3.39. The molecule has 0 aliphatic heterocycles. The van der Waals surface area contributed by atoms with Crippen molar-refractivity contribution in [2.75, 3.05) is 27.2 Å². The van der Waals surface area contributed by atoms with Gasteiger partial charge in [-0.3, -0.25) is 9.59 Å². The zero-order valence-electron chi connectivity index (χ0n) is 10.7. The molecule has 0 aromatic carbocycles. The molecule has 1 saturated carbocycles. The summed E-state index contributed by atoms with van der Waals surface area (Å²) in [7, 11) is 3.84. The molecule has 1 fully saturated rings. The van der Waals surface area contributed by atoms with Gasteiger partial charge < -0.3 is 15.3 Å². The Morgan fingerprint density at radius 3 is 2.41 bits per heavy atom. The van der Waals surface area contributed by atoms with Crippen LogP contribution in [0.1, 0.15) is 32.1 Å². The fourth-order valence-electron chi connectivity index (χ4n) is 2.11. The van der Waals surface area contributed by atoms with Gasteiger partial charge in [-0.05, 0) is 32.4 Å². The van der Waals surface area contributed by atoms with Crippen LogP contribution in [-0.4, -0.2) is 49.1 Å². The van der Waals surface area contributed by atoms with Gasteiger partial charge in [0.05, 0.1) is 6.42 Å². The van der Waals surface area contributed by atoms with Crippen molar-refractivity contribution in [3.8, 4) is 0 Å². The van der Waals surface area contributed by atoms with Crippen molar-refractivity contribution >= 4 is 11.9 Å². The zero-order valence-corrected chi connectivity index (χ0v) is 10.7. The Hall–Kier alpha value is -1.10. The molecular formula is C12H22N2O3. The molecule has 0 aromatic heterocycles. The Balaban J connectivity index is 2.28. The Morgan fingerprint density at radius 2 is 2.00 bits per heavy atom. The predicted octanol–water partition coefficient (Wildman–Crippen LogP) is 0.699. The molecule has 0 radical (unpaired) electrons. The molecular weight excluding hydrogens is 220 g/mol. The summed E-state index contributed by atoms with van der Waals surface area (Å²) in [4.78, 5) is 24.2. The monoisotopic (exact) mass is 242 g/mol. The molecule has 5 heteroatoms. The van der Waals surface area contributed by atoms with Crippen LogP contribution in [0.5, 0.6) is 0 Å². The van der Waals surface area contributed by atoms with E-state index >= 15 is 0 Å². The first-order valence-electron chi connectivity index (χ1n) is 6.07. The van der Waals surface area contributed by atoms with E-state index in [1.165, 1.54) is 0 Å². The molecule has 0 atom stereocenters. The molecule has 0 saturated heterocycles. The zero-order chi connectivity index (χ0) is 12.9. The fourth-order valence-corrected chi connectivity index (χ4v) is 2.11. The Morgan fingerprint density at radius 1 is 1.35 bits per heavy atom. The number of carbonyl (C=O) groups is 2. The Bertz CT molecular complexity index is 285. The molecule has 17 heavy (non-hydrogen) atoms. The number of nitrogens with zero attached hydrogens (tertiary/aromatic N) is 1. The van der Waals surface area contributed by atoms with Crippen molar-refractivity contribution in [1.82, 2.24) is 10.2 Å². The van der Waals surface area contributed by atoms with Crippen molar-refractivity contribution in [3.05, 3.63) is 0 Å². The molecule has 2 N–H and O–H groups in total. The third-order valence-corrected chi connectivity index (χ3v) is 3.39. The molecule has 1 rings (SSSR count). The van der Waals surface area contributed by atoms with Crippen molar-refractivity contribution < 1.29 is 14.7 Å². The first-order chi connectivity index (χ1) is 7.93. The lowest BCUT2D eigenvalue weighted by molar-refractivity contribution is -0.141. The van der Waals surface area contributed by atoms with Gasteiger partial charge in [0.15, 0.2) is 0 Å². The average molecular weight is 242 g/mol. The summed E-state index contributed by atoms with van der Waals surface area (Å²) in [6.45, 7) is 1.23. The minimum atomic E-state index is -0.771. The maximum atomic E-state index is 11.5. The van der Waals surface area contributed by atoms with Crippen molar-refractivity contribution in [2.45, 2.75) is 32.1 Å². The Kier molecular flexibility index (Phi) is 4.93. The molecule has 0 heterocycles. The van der Waals surface area contributed by atoms with Crippen molar-refractivity contribution in [2.24, 2.45) is 5.41 Å². The summed E-state index contributed by atoms with van der Waals surface area (Å²) >= 11 is 0. The normalized spacial score (nSPS) is 17.6. The summed E-state index contributed by atoms with van der Waals surface area (Å²) in [5, 5.41) is 11.7. The highest BCUT2D eigenvalue weighted by atomic mass is 16.4. The first kappa shape index (κ1) is 14.0. The van der Waals surface area contributed by atoms with E-state index < -0.39 is 5.97 Å². The third kappa shape index (κ3) is 4.73. The van der Waals surface area contributed by atoms with Crippen LogP contribution in [0.15, 0.2) is 0 Å². The summed E-state index contributed by atoms with van der Waals surface area (Å²) in [5.74, 6) is -0.761. The average Bonchev–Trinajstić information content (AvgIpc) is 2.18. The minimum absolute atomic E-state index is 0.00960. The van der Waals surface area contributed by atoms with E-state index in [-0.39, 0.29) is 17.7 Å². The maximum Gasteiger partial charge on any atom is 0.303 e. The quantitative estimate of drug-likeness (QED) is 0.689. The van der Waals surface area contributed by atoms with Gasteiger partial charge in [-0.15, -0.1) is 0 Å². The van der Waals surface area contributed by atoms with E-state index in [4.69, 9.17) is 5.11 Å². The summed E-state index contributed by atoms with van der Waals surface area (Å²) in [6, 6.07) is 0.